The molecule has 0 aromatic heterocycles. The van der Waals surface area contributed by atoms with Gasteiger partial charge >= 0.3 is 0 Å². The number of ether oxygens (including phenoxy) is 2. The highest BCUT2D eigenvalue weighted by Gasteiger charge is 2.23. The van der Waals surface area contributed by atoms with Crippen molar-refractivity contribution in [2.75, 3.05) is 26.4 Å². The van der Waals surface area contributed by atoms with E-state index in [0.29, 0.717) is 0 Å². The van der Waals surface area contributed by atoms with Crippen molar-refractivity contribution in [3.05, 3.63) is 12.7 Å². The standard InChI is InChI=1S/C13H26O2/c1-5-8-13(4,11-14-9-6-2)12-15-10-7-3/h5H,1,6-12H2,2-4H3. The molecule has 15 heavy (non-hydrogen) atoms. The zero-order chi connectivity index (χ0) is 11.6. The summed E-state index contributed by atoms with van der Waals surface area (Å²) in [4.78, 5) is 0. The lowest BCUT2D eigenvalue weighted by Gasteiger charge is -2.27. The number of rotatable bonds is 10. The van der Waals surface area contributed by atoms with Gasteiger partial charge in [0.2, 0.25) is 0 Å². The summed E-state index contributed by atoms with van der Waals surface area (Å²) in [6, 6.07) is 0. The maximum absolute atomic E-state index is 5.60. The van der Waals surface area contributed by atoms with Crippen molar-refractivity contribution in [3.63, 3.8) is 0 Å². The van der Waals surface area contributed by atoms with Crippen LogP contribution in [0.2, 0.25) is 0 Å². The van der Waals surface area contributed by atoms with Crippen molar-refractivity contribution < 1.29 is 9.47 Å². The van der Waals surface area contributed by atoms with E-state index in [2.05, 4.69) is 27.4 Å². The zero-order valence-electron chi connectivity index (χ0n) is 10.6. The van der Waals surface area contributed by atoms with Gasteiger partial charge in [-0.15, -0.1) is 6.58 Å². The van der Waals surface area contributed by atoms with Gasteiger partial charge in [-0.3, -0.25) is 0 Å². The third kappa shape index (κ3) is 7.57. The van der Waals surface area contributed by atoms with Crippen LogP contribution in [0.3, 0.4) is 0 Å². The molecule has 2 nitrogen and oxygen atoms in total. The van der Waals surface area contributed by atoms with E-state index in [4.69, 9.17) is 9.47 Å². The Kier molecular flexibility index (Phi) is 8.73. The Balaban J connectivity index is 3.88. The Bertz CT molecular complexity index is 145. The second kappa shape index (κ2) is 8.93. The van der Waals surface area contributed by atoms with Crippen LogP contribution in [-0.4, -0.2) is 26.4 Å². The minimum absolute atomic E-state index is 0.0894. The van der Waals surface area contributed by atoms with Crippen LogP contribution in [0.4, 0.5) is 0 Å². The van der Waals surface area contributed by atoms with E-state index in [-0.39, 0.29) is 5.41 Å². The molecule has 0 spiro atoms. The van der Waals surface area contributed by atoms with E-state index < -0.39 is 0 Å². The molecule has 90 valence electrons. The quantitative estimate of drug-likeness (QED) is 0.410. The molecule has 0 saturated heterocycles. The largest absolute Gasteiger partial charge is 0.381 e. The second-order valence-electron chi connectivity index (χ2n) is 4.41. The minimum Gasteiger partial charge on any atom is -0.381 e. The van der Waals surface area contributed by atoms with Gasteiger partial charge in [0.15, 0.2) is 0 Å². The van der Waals surface area contributed by atoms with E-state index in [0.717, 1.165) is 45.7 Å². The van der Waals surface area contributed by atoms with Crippen LogP contribution in [0.5, 0.6) is 0 Å². The smallest absolute Gasteiger partial charge is 0.0544 e. The SMILES string of the molecule is C=CCC(C)(COCCC)COCCC. The fraction of sp³-hybridized carbons (Fsp3) is 0.846. The van der Waals surface area contributed by atoms with Crippen LogP contribution < -0.4 is 0 Å². The molecule has 0 atom stereocenters. The molecule has 0 aliphatic rings. The van der Waals surface area contributed by atoms with Gasteiger partial charge in [-0.1, -0.05) is 26.8 Å². The summed E-state index contributed by atoms with van der Waals surface area (Å²) >= 11 is 0. The average Bonchev–Trinajstić information content (AvgIpc) is 2.19. The van der Waals surface area contributed by atoms with Gasteiger partial charge in [0.1, 0.15) is 0 Å². The first-order valence-corrected chi connectivity index (χ1v) is 5.95. The Morgan fingerprint density at radius 3 is 1.87 bits per heavy atom. The molecule has 0 bridgehead atoms. The first-order valence-electron chi connectivity index (χ1n) is 5.95. The summed E-state index contributed by atoms with van der Waals surface area (Å²) < 4.78 is 11.2. The topological polar surface area (TPSA) is 18.5 Å². The molecule has 0 amide bonds. The molecule has 0 unspecified atom stereocenters. The molecule has 0 saturated carbocycles. The van der Waals surface area contributed by atoms with Crippen molar-refractivity contribution in [3.8, 4) is 0 Å². The van der Waals surface area contributed by atoms with Gasteiger partial charge in [0, 0.05) is 18.6 Å². The van der Waals surface area contributed by atoms with E-state index in [1.807, 2.05) is 6.08 Å². The summed E-state index contributed by atoms with van der Waals surface area (Å²) in [5.74, 6) is 0. The number of hydrogen-bond acceptors (Lipinski definition) is 2. The molecule has 0 aromatic rings. The fourth-order valence-corrected chi connectivity index (χ4v) is 1.43. The zero-order valence-corrected chi connectivity index (χ0v) is 10.6. The normalized spacial score (nSPS) is 11.7. The second-order valence-corrected chi connectivity index (χ2v) is 4.41. The lowest BCUT2D eigenvalue weighted by atomic mass is 9.89. The van der Waals surface area contributed by atoms with E-state index in [9.17, 15) is 0 Å². The maximum atomic E-state index is 5.60. The Hall–Kier alpha value is -0.340. The van der Waals surface area contributed by atoms with Crippen LogP contribution in [0, 0.1) is 5.41 Å². The van der Waals surface area contributed by atoms with Gasteiger partial charge in [-0.25, -0.2) is 0 Å². The summed E-state index contributed by atoms with van der Waals surface area (Å²) in [5.41, 5.74) is 0.0894. The van der Waals surface area contributed by atoms with E-state index in [1.54, 1.807) is 0 Å². The van der Waals surface area contributed by atoms with Crippen molar-refractivity contribution in [2.24, 2.45) is 5.41 Å². The van der Waals surface area contributed by atoms with E-state index in [1.165, 1.54) is 0 Å². The lowest BCUT2D eigenvalue weighted by molar-refractivity contribution is -0.0112. The molecular formula is C13H26O2. The summed E-state index contributed by atoms with van der Waals surface area (Å²) in [6.07, 6.45) is 5.03. The molecule has 0 aromatic carbocycles. The van der Waals surface area contributed by atoms with Gasteiger partial charge in [-0.05, 0) is 19.3 Å². The van der Waals surface area contributed by atoms with Crippen molar-refractivity contribution >= 4 is 0 Å². The van der Waals surface area contributed by atoms with E-state index >= 15 is 0 Å². The first-order chi connectivity index (χ1) is 7.18. The molecule has 0 fully saturated rings. The fourth-order valence-electron chi connectivity index (χ4n) is 1.43. The third-order valence-electron chi connectivity index (χ3n) is 2.24. The van der Waals surface area contributed by atoms with Gasteiger partial charge in [0.25, 0.3) is 0 Å². The average molecular weight is 214 g/mol. The Labute approximate surface area is 94.7 Å². The number of allylic oxidation sites excluding steroid dienone is 1. The molecule has 2 heteroatoms. The highest BCUT2D eigenvalue weighted by Crippen LogP contribution is 2.23. The lowest BCUT2D eigenvalue weighted by Crippen LogP contribution is -2.29. The highest BCUT2D eigenvalue weighted by atomic mass is 16.5. The first kappa shape index (κ1) is 14.7. The summed E-state index contributed by atoms with van der Waals surface area (Å²) in [7, 11) is 0. The predicted molar refractivity (Wildman–Crippen MR) is 65.1 cm³/mol. The van der Waals surface area contributed by atoms with Gasteiger partial charge in [-0.2, -0.15) is 0 Å². The van der Waals surface area contributed by atoms with Crippen LogP contribution in [0.15, 0.2) is 12.7 Å². The molecule has 0 radical (unpaired) electrons. The summed E-state index contributed by atoms with van der Waals surface area (Å²) in [5, 5.41) is 0. The Morgan fingerprint density at radius 2 is 1.53 bits per heavy atom. The van der Waals surface area contributed by atoms with Gasteiger partial charge < -0.3 is 9.47 Å². The van der Waals surface area contributed by atoms with Crippen molar-refractivity contribution in [2.45, 2.75) is 40.0 Å². The van der Waals surface area contributed by atoms with Crippen LogP contribution in [-0.2, 0) is 9.47 Å². The van der Waals surface area contributed by atoms with Crippen LogP contribution >= 0.6 is 0 Å². The van der Waals surface area contributed by atoms with Crippen molar-refractivity contribution in [1.82, 2.24) is 0 Å². The predicted octanol–water partition coefficient (Wildman–Crippen LogP) is 3.42. The monoisotopic (exact) mass is 214 g/mol. The van der Waals surface area contributed by atoms with Crippen LogP contribution in [0.25, 0.3) is 0 Å². The molecule has 0 rings (SSSR count). The van der Waals surface area contributed by atoms with Crippen molar-refractivity contribution in [1.29, 1.82) is 0 Å². The summed E-state index contributed by atoms with van der Waals surface area (Å²) in [6.45, 7) is 13.4. The Morgan fingerprint density at radius 1 is 1.07 bits per heavy atom. The maximum Gasteiger partial charge on any atom is 0.0544 e. The molecule has 0 N–H and O–H groups in total. The van der Waals surface area contributed by atoms with Gasteiger partial charge in [0.05, 0.1) is 13.2 Å². The molecule has 0 aliphatic heterocycles. The molecule has 0 heterocycles. The van der Waals surface area contributed by atoms with Crippen LogP contribution in [0.1, 0.15) is 40.0 Å². The minimum atomic E-state index is 0.0894. The molecule has 0 aliphatic carbocycles. The highest BCUT2D eigenvalue weighted by molar-refractivity contribution is 4.83. The third-order valence-corrected chi connectivity index (χ3v) is 2.24. The number of hydrogen-bond donors (Lipinski definition) is 0. The molecular weight excluding hydrogens is 188 g/mol.